The van der Waals surface area contributed by atoms with Crippen molar-refractivity contribution in [2.75, 3.05) is 22.6 Å². The Hall–Kier alpha value is -4.45. The molecule has 0 radical (unpaired) electrons. The predicted molar refractivity (Wildman–Crippen MR) is 129 cm³/mol. The molecular weight excluding hydrogens is 462 g/mol. The van der Waals surface area contributed by atoms with E-state index in [0.717, 1.165) is 6.07 Å². The van der Waals surface area contributed by atoms with Crippen molar-refractivity contribution in [3.8, 4) is 5.75 Å². The molecule has 0 bridgehead atoms. The molecule has 3 aromatic carbocycles. The highest BCUT2D eigenvalue weighted by Crippen LogP contribution is 2.30. The maximum Gasteiger partial charge on any atom is 0.295 e. The van der Waals surface area contributed by atoms with Crippen LogP contribution in [0, 0.1) is 10.1 Å². The maximum atomic E-state index is 12.8. The van der Waals surface area contributed by atoms with Crippen LogP contribution in [-0.2, 0) is 14.8 Å². The summed E-state index contributed by atoms with van der Waals surface area (Å²) in [5, 5.41) is 18.2. The lowest BCUT2D eigenvalue weighted by Crippen LogP contribution is -2.14. The van der Waals surface area contributed by atoms with E-state index in [9.17, 15) is 23.3 Å². The number of nitrogens with one attached hydrogen (secondary N) is 3. The van der Waals surface area contributed by atoms with Gasteiger partial charge in [0.2, 0.25) is 5.91 Å². The SMILES string of the molecule is COc1ccccc1NS(=O)(=O)c1ccc(N/N=C/c2ccc(NC(C)=O)cc2)c([N+](=O)[O-])c1. The molecule has 0 saturated heterocycles. The number of sulfonamides is 1. The number of nitro benzene ring substituents is 1. The van der Waals surface area contributed by atoms with Crippen LogP contribution in [0.5, 0.6) is 5.75 Å². The predicted octanol–water partition coefficient (Wildman–Crippen LogP) is 3.81. The Balaban J connectivity index is 1.79. The van der Waals surface area contributed by atoms with Crippen LogP contribution in [0.4, 0.5) is 22.7 Å². The van der Waals surface area contributed by atoms with Crippen molar-refractivity contribution in [3.63, 3.8) is 0 Å². The van der Waals surface area contributed by atoms with E-state index < -0.39 is 20.6 Å². The Bertz CT molecular complexity index is 1340. The highest BCUT2D eigenvalue weighted by molar-refractivity contribution is 7.92. The summed E-state index contributed by atoms with van der Waals surface area (Å²) < 4.78 is 33.1. The minimum Gasteiger partial charge on any atom is -0.495 e. The number of hydrogen-bond acceptors (Lipinski definition) is 8. The first-order valence-corrected chi connectivity index (χ1v) is 11.3. The third-order valence-corrected chi connectivity index (χ3v) is 5.82. The number of hydrazone groups is 1. The molecule has 176 valence electrons. The maximum absolute atomic E-state index is 12.8. The first kappa shape index (κ1) is 24.2. The molecule has 12 heteroatoms. The second-order valence-electron chi connectivity index (χ2n) is 6.92. The largest absolute Gasteiger partial charge is 0.495 e. The highest BCUT2D eigenvalue weighted by Gasteiger charge is 2.22. The Morgan fingerprint density at radius 3 is 2.41 bits per heavy atom. The molecule has 0 fully saturated rings. The van der Waals surface area contributed by atoms with E-state index >= 15 is 0 Å². The van der Waals surface area contributed by atoms with Crippen molar-refractivity contribution in [2.24, 2.45) is 5.10 Å². The zero-order chi connectivity index (χ0) is 24.7. The third-order valence-electron chi connectivity index (χ3n) is 4.46. The average Bonchev–Trinajstić information content (AvgIpc) is 2.80. The lowest BCUT2D eigenvalue weighted by molar-refractivity contribution is -0.384. The molecule has 0 aliphatic carbocycles. The molecular formula is C22H21N5O6S. The second-order valence-corrected chi connectivity index (χ2v) is 8.60. The van der Waals surface area contributed by atoms with Gasteiger partial charge in [-0.3, -0.25) is 25.1 Å². The number of amides is 1. The molecule has 1 amide bonds. The van der Waals surface area contributed by atoms with Crippen LogP contribution in [-0.4, -0.2) is 32.6 Å². The number of hydrogen-bond donors (Lipinski definition) is 3. The van der Waals surface area contributed by atoms with Gasteiger partial charge in [0.1, 0.15) is 11.4 Å². The number of nitro groups is 1. The van der Waals surface area contributed by atoms with Crippen LogP contribution in [0.2, 0.25) is 0 Å². The van der Waals surface area contributed by atoms with Gasteiger partial charge in [-0.25, -0.2) is 8.42 Å². The normalized spacial score (nSPS) is 11.1. The summed E-state index contributed by atoms with van der Waals surface area (Å²) in [5.74, 6) is 0.109. The quantitative estimate of drug-likeness (QED) is 0.238. The summed E-state index contributed by atoms with van der Waals surface area (Å²) in [4.78, 5) is 21.6. The summed E-state index contributed by atoms with van der Waals surface area (Å²) in [5.41, 5.74) is 3.58. The Kier molecular flexibility index (Phi) is 7.43. The number of benzene rings is 3. The summed E-state index contributed by atoms with van der Waals surface area (Å²) in [6.07, 6.45) is 1.43. The van der Waals surface area contributed by atoms with Gasteiger partial charge in [-0.1, -0.05) is 24.3 Å². The van der Waals surface area contributed by atoms with Crippen molar-refractivity contribution >= 4 is 44.9 Å². The van der Waals surface area contributed by atoms with Gasteiger partial charge < -0.3 is 10.1 Å². The van der Waals surface area contributed by atoms with Crippen molar-refractivity contribution in [1.29, 1.82) is 0 Å². The summed E-state index contributed by atoms with van der Waals surface area (Å²) in [6, 6.07) is 16.6. The zero-order valence-corrected chi connectivity index (χ0v) is 19.0. The van der Waals surface area contributed by atoms with E-state index in [0.29, 0.717) is 17.0 Å². The molecule has 3 N–H and O–H groups in total. The highest BCUT2D eigenvalue weighted by atomic mass is 32.2. The number of rotatable bonds is 9. The fourth-order valence-electron chi connectivity index (χ4n) is 2.89. The molecule has 3 rings (SSSR count). The number of methoxy groups -OCH3 is 1. The average molecular weight is 484 g/mol. The van der Waals surface area contributed by atoms with E-state index in [4.69, 9.17) is 4.74 Å². The van der Waals surface area contributed by atoms with Crippen LogP contribution in [0.15, 0.2) is 76.7 Å². The molecule has 34 heavy (non-hydrogen) atoms. The number of ether oxygens (including phenoxy) is 1. The molecule has 0 aliphatic heterocycles. The van der Waals surface area contributed by atoms with E-state index in [-0.39, 0.29) is 22.2 Å². The van der Waals surface area contributed by atoms with E-state index in [1.165, 1.54) is 38.4 Å². The van der Waals surface area contributed by atoms with Crippen molar-refractivity contribution < 1.29 is 22.9 Å². The zero-order valence-electron chi connectivity index (χ0n) is 18.2. The molecule has 0 spiro atoms. The van der Waals surface area contributed by atoms with Crippen molar-refractivity contribution in [1.82, 2.24) is 0 Å². The van der Waals surface area contributed by atoms with E-state index in [1.807, 2.05) is 0 Å². The van der Waals surface area contributed by atoms with Gasteiger partial charge in [0, 0.05) is 18.7 Å². The van der Waals surface area contributed by atoms with Crippen LogP contribution < -0.4 is 20.2 Å². The van der Waals surface area contributed by atoms with Gasteiger partial charge in [0.15, 0.2) is 0 Å². The molecule has 0 atom stereocenters. The smallest absolute Gasteiger partial charge is 0.295 e. The molecule has 0 saturated carbocycles. The first-order valence-electron chi connectivity index (χ1n) is 9.80. The first-order chi connectivity index (χ1) is 16.2. The van der Waals surface area contributed by atoms with Crippen LogP contribution in [0.25, 0.3) is 0 Å². The third kappa shape index (κ3) is 6.07. The molecule has 0 unspecified atom stereocenters. The number of para-hydroxylation sites is 2. The molecule has 0 aliphatic rings. The van der Waals surface area contributed by atoms with Gasteiger partial charge in [0.05, 0.1) is 28.8 Å². The monoisotopic (exact) mass is 483 g/mol. The number of carbonyl (C=O) groups is 1. The Morgan fingerprint density at radius 2 is 1.76 bits per heavy atom. The minimum absolute atomic E-state index is 0.00681. The fraction of sp³-hybridized carbons (Fsp3) is 0.0909. The van der Waals surface area contributed by atoms with E-state index in [2.05, 4.69) is 20.6 Å². The Labute approximate surface area is 195 Å². The van der Waals surface area contributed by atoms with Gasteiger partial charge >= 0.3 is 0 Å². The second kappa shape index (κ2) is 10.4. The summed E-state index contributed by atoms with van der Waals surface area (Å²) in [6.45, 7) is 1.40. The lowest BCUT2D eigenvalue weighted by atomic mass is 10.2. The molecule has 0 heterocycles. The molecule has 0 aromatic heterocycles. The van der Waals surface area contributed by atoms with Gasteiger partial charge in [0.25, 0.3) is 15.7 Å². The van der Waals surface area contributed by atoms with Gasteiger partial charge in [-0.2, -0.15) is 5.10 Å². The summed E-state index contributed by atoms with van der Waals surface area (Å²) in [7, 11) is -2.73. The minimum atomic E-state index is -4.13. The number of nitrogens with zero attached hydrogens (tertiary/aromatic N) is 2. The molecule has 3 aromatic rings. The van der Waals surface area contributed by atoms with Crippen molar-refractivity contribution in [2.45, 2.75) is 11.8 Å². The van der Waals surface area contributed by atoms with Crippen LogP contribution in [0.1, 0.15) is 12.5 Å². The van der Waals surface area contributed by atoms with Gasteiger partial charge in [-0.05, 0) is 42.0 Å². The standard InChI is InChI=1S/C22H21N5O6S/c1-15(28)24-17-9-7-16(8-10-17)14-23-25-19-12-11-18(13-21(19)27(29)30)34(31,32)26-20-5-3-4-6-22(20)33-2/h3-14,25-26H,1-2H3,(H,24,28)/b23-14+. The number of anilines is 3. The Morgan fingerprint density at radius 1 is 1.06 bits per heavy atom. The number of carbonyl (C=O) groups excluding carboxylic acids is 1. The molecule has 11 nitrogen and oxygen atoms in total. The lowest BCUT2D eigenvalue weighted by Gasteiger charge is -2.12. The summed E-state index contributed by atoms with van der Waals surface area (Å²) >= 11 is 0. The van der Waals surface area contributed by atoms with E-state index in [1.54, 1.807) is 42.5 Å². The van der Waals surface area contributed by atoms with Gasteiger partial charge in [-0.15, -0.1) is 0 Å². The van der Waals surface area contributed by atoms with Crippen molar-refractivity contribution in [3.05, 3.63) is 82.4 Å². The van der Waals surface area contributed by atoms with Crippen LogP contribution >= 0.6 is 0 Å². The fourth-order valence-corrected chi connectivity index (χ4v) is 3.98. The van der Waals surface area contributed by atoms with Crippen LogP contribution in [0.3, 0.4) is 0 Å². The topological polar surface area (TPSA) is 152 Å².